The number of fused-ring (bicyclic) bond motifs is 1. The Kier molecular flexibility index (Phi) is 4.31. The molecule has 1 fully saturated rings. The molecule has 23 heavy (non-hydrogen) atoms. The maximum atomic E-state index is 12.0. The van der Waals surface area contributed by atoms with Crippen LogP contribution in [0.2, 0.25) is 0 Å². The van der Waals surface area contributed by atoms with Crippen LogP contribution in [0, 0.1) is 0 Å². The van der Waals surface area contributed by atoms with Crippen LogP contribution in [0.5, 0.6) is 0 Å². The molecule has 0 aliphatic carbocycles. The first-order chi connectivity index (χ1) is 11.0. The summed E-state index contributed by atoms with van der Waals surface area (Å²) >= 11 is 0. The van der Waals surface area contributed by atoms with Gasteiger partial charge in [0.15, 0.2) is 0 Å². The van der Waals surface area contributed by atoms with E-state index in [-0.39, 0.29) is 30.4 Å². The zero-order valence-corrected chi connectivity index (χ0v) is 13.2. The van der Waals surface area contributed by atoms with Gasteiger partial charge in [0.05, 0.1) is 0 Å². The highest BCUT2D eigenvalue weighted by Gasteiger charge is 2.32. The number of aryl methyl sites for hydroxylation is 1. The Morgan fingerprint density at radius 1 is 1.43 bits per heavy atom. The minimum Gasteiger partial charge on any atom is -0.352 e. The highest BCUT2D eigenvalue weighted by Crippen LogP contribution is 2.13. The van der Waals surface area contributed by atoms with Gasteiger partial charge in [-0.2, -0.15) is 0 Å². The lowest BCUT2D eigenvalue weighted by atomic mass is 10.1. The van der Waals surface area contributed by atoms with E-state index < -0.39 is 0 Å². The highest BCUT2D eigenvalue weighted by atomic mass is 16.2. The Hall–Kier alpha value is -2.38. The van der Waals surface area contributed by atoms with Crippen LogP contribution < -0.4 is 5.32 Å². The molecule has 0 saturated carbocycles. The molecule has 2 aliphatic rings. The standard InChI is InChI=1S/C15H21N5O3/c1-18-10-14(22)20(15(18)23)7-2-3-13(21)17-11-4-5-12-16-6-8-19(12)9-11/h6,8,11H,2-5,7,9-10H2,1H3,(H,17,21). The number of carbonyl (C=O) groups excluding carboxylic acids is 3. The summed E-state index contributed by atoms with van der Waals surface area (Å²) in [5.41, 5.74) is 0. The molecule has 0 spiro atoms. The molecule has 1 unspecified atom stereocenters. The monoisotopic (exact) mass is 319 g/mol. The van der Waals surface area contributed by atoms with Gasteiger partial charge < -0.3 is 14.8 Å². The van der Waals surface area contributed by atoms with Crippen LogP contribution in [0.4, 0.5) is 4.79 Å². The Labute approximate surface area is 134 Å². The van der Waals surface area contributed by atoms with Gasteiger partial charge in [-0.15, -0.1) is 0 Å². The number of nitrogens with zero attached hydrogens (tertiary/aromatic N) is 4. The van der Waals surface area contributed by atoms with Crippen LogP contribution >= 0.6 is 0 Å². The van der Waals surface area contributed by atoms with E-state index >= 15 is 0 Å². The minimum atomic E-state index is -0.282. The Balaban J connectivity index is 1.41. The van der Waals surface area contributed by atoms with E-state index in [4.69, 9.17) is 0 Å². The number of aromatic nitrogens is 2. The Morgan fingerprint density at radius 3 is 3.00 bits per heavy atom. The average molecular weight is 319 g/mol. The molecule has 2 aliphatic heterocycles. The number of urea groups is 1. The Bertz CT molecular complexity index is 626. The number of likely N-dealkylation sites (N-methyl/N-ethyl adjacent to an activating group) is 1. The third-order valence-electron chi connectivity index (χ3n) is 4.32. The van der Waals surface area contributed by atoms with E-state index in [1.165, 1.54) is 9.80 Å². The van der Waals surface area contributed by atoms with E-state index in [1.54, 1.807) is 13.2 Å². The SMILES string of the molecule is CN1CC(=O)N(CCCC(=O)NC2CCc3nccn3C2)C1=O. The first-order valence-electron chi connectivity index (χ1n) is 7.89. The molecule has 0 bridgehead atoms. The molecule has 0 radical (unpaired) electrons. The van der Waals surface area contributed by atoms with Gasteiger partial charge in [0.1, 0.15) is 12.4 Å². The summed E-state index contributed by atoms with van der Waals surface area (Å²) in [4.78, 5) is 42.2. The van der Waals surface area contributed by atoms with Gasteiger partial charge in [0, 0.05) is 51.4 Å². The fraction of sp³-hybridized carbons (Fsp3) is 0.600. The molecule has 0 aromatic carbocycles. The molecule has 1 aromatic heterocycles. The molecule has 8 nitrogen and oxygen atoms in total. The van der Waals surface area contributed by atoms with Crippen LogP contribution in [0.25, 0.3) is 0 Å². The van der Waals surface area contributed by atoms with Gasteiger partial charge in [0.2, 0.25) is 11.8 Å². The van der Waals surface area contributed by atoms with Crippen molar-refractivity contribution >= 4 is 17.8 Å². The molecule has 3 heterocycles. The lowest BCUT2D eigenvalue weighted by molar-refractivity contribution is -0.126. The van der Waals surface area contributed by atoms with Gasteiger partial charge in [0.25, 0.3) is 0 Å². The predicted molar refractivity (Wildman–Crippen MR) is 81.5 cm³/mol. The third kappa shape index (κ3) is 3.35. The van der Waals surface area contributed by atoms with Gasteiger partial charge in [-0.1, -0.05) is 0 Å². The lowest BCUT2D eigenvalue weighted by Crippen LogP contribution is -2.41. The summed E-state index contributed by atoms with van der Waals surface area (Å²) in [5.74, 6) is 0.828. The largest absolute Gasteiger partial charge is 0.352 e. The number of hydrogen-bond donors (Lipinski definition) is 1. The number of hydrogen-bond acceptors (Lipinski definition) is 4. The lowest BCUT2D eigenvalue weighted by Gasteiger charge is -2.24. The number of imide groups is 1. The van der Waals surface area contributed by atoms with Crippen molar-refractivity contribution in [2.45, 2.75) is 38.3 Å². The molecular formula is C15H21N5O3. The van der Waals surface area contributed by atoms with Crippen molar-refractivity contribution < 1.29 is 14.4 Å². The first kappa shape index (κ1) is 15.5. The summed E-state index contributed by atoms with van der Waals surface area (Å²) in [7, 11) is 1.60. The first-order valence-corrected chi connectivity index (χ1v) is 7.89. The normalized spacial score (nSPS) is 20.8. The smallest absolute Gasteiger partial charge is 0.326 e. The molecule has 1 saturated heterocycles. The van der Waals surface area contributed by atoms with Gasteiger partial charge >= 0.3 is 6.03 Å². The predicted octanol–water partition coefficient (Wildman–Crippen LogP) is -0.0117. The number of amides is 4. The fourth-order valence-corrected chi connectivity index (χ4v) is 3.07. The summed E-state index contributed by atoms with van der Waals surface area (Å²) in [6.07, 6.45) is 6.25. The van der Waals surface area contributed by atoms with Crippen molar-refractivity contribution in [1.82, 2.24) is 24.7 Å². The van der Waals surface area contributed by atoms with Gasteiger partial charge in [-0.3, -0.25) is 14.5 Å². The van der Waals surface area contributed by atoms with Crippen molar-refractivity contribution in [2.24, 2.45) is 0 Å². The average Bonchev–Trinajstić information content (AvgIpc) is 3.06. The second-order valence-corrected chi connectivity index (χ2v) is 6.09. The molecule has 1 aromatic rings. The molecule has 8 heteroatoms. The maximum Gasteiger partial charge on any atom is 0.326 e. The van der Waals surface area contributed by atoms with Crippen molar-refractivity contribution in [1.29, 1.82) is 0 Å². The Morgan fingerprint density at radius 2 is 2.26 bits per heavy atom. The molecular weight excluding hydrogens is 298 g/mol. The summed E-state index contributed by atoms with van der Waals surface area (Å²) in [5, 5.41) is 3.02. The fourth-order valence-electron chi connectivity index (χ4n) is 3.07. The van der Waals surface area contributed by atoms with Crippen LogP contribution in [0.1, 0.15) is 25.1 Å². The van der Waals surface area contributed by atoms with E-state index in [2.05, 4.69) is 14.9 Å². The van der Waals surface area contributed by atoms with E-state index in [1.807, 2.05) is 6.20 Å². The van der Waals surface area contributed by atoms with Gasteiger partial charge in [-0.05, 0) is 12.8 Å². The van der Waals surface area contributed by atoms with Crippen molar-refractivity contribution in [3.63, 3.8) is 0 Å². The van der Waals surface area contributed by atoms with Crippen LogP contribution in [-0.2, 0) is 22.6 Å². The minimum absolute atomic E-state index is 0.0361. The van der Waals surface area contributed by atoms with Gasteiger partial charge in [-0.25, -0.2) is 9.78 Å². The number of imidazole rings is 1. The quantitative estimate of drug-likeness (QED) is 0.773. The van der Waals surface area contributed by atoms with Crippen LogP contribution in [0.3, 0.4) is 0 Å². The number of carbonyl (C=O) groups is 3. The van der Waals surface area contributed by atoms with Crippen LogP contribution in [0.15, 0.2) is 12.4 Å². The number of rotatable bonds is 5. The molecule has 124 valence electrons. The molecule has 1 atom stereocenters. The molecule has 4 amide bonds. The third-order valence-corrected chi connectivity index (χ3v) is 4.32. The zero-order chi connectivity index (χ0) is 16.4. The van der Waals surface area contributed by atoms with E-state index in [9.17, 15) is 14.4 Å². The van der Waals surface area contributed by atoms with Crippen molar-refractivity contribution in [3.05, 3.63) is 18.2 Å². The molecule has 3 rings (SSSR count). The molecule has 1 N–H and O–H groups in total. The van der Waals surface area contributed by atoms with E-state index in [0.717, 1.165) is 25.2 Å². The van der Waals surface area contributed by atoms with E-state index in [0.29, 0.717) is 19.4 Å². The number of nitrogens with one attached hydrogen (secondary N) is 1. The maximum absolute atomic E-state index is 12.0. The summed E-state index contributed by atoms with van der Waals surface area (Å²) < 4.78 is 2.06. The second-order valence-electron chi connectivity index (χ2n) is 6.09. The van der Waals surface area contributed by atoms with Crippen molar-refractivity contribution in [3.8, 4) is 0 Å². The van der Waals surface area contributed by atoms with Crippen LogP contribution in [-0.4, -0.2) is 63.4 Å². The zero-order valence-electron chi connectivity index (χ0n) is 13.2. The topological polar surface area (TPSA) is 87.5 Å². The second kappa shape index (κ2) is 6.39. The van der Waals surface area contributed by atoms with Crippen molar-refractivity contribution in [2.75, 3.05) is 20.1 Å². The highest BCUT2D eigenvalue weighted by molar-refractivity contribution is 6.01. The summed E-state index contributed by atoms with van der Waals surface area (Å²) in [6, 6.07) is -0.166. The summed E-state index contributed by atoms with van der Waals surface area (Å²) in [6.45, 7) is 1.17.